The van der Waals surface area contributed by atoms with Crippen LogP contribution >= 0.6 is 0 Å². The molecule has 0 aromatic carbocycles. The van der Waals surface area contributed by atoms with E-state index in [0.29, 0.717) is 17.7 Å². The SMILES string of the molecule is CCN(CC)C(=O)[C@H](C1CCCC1)N1CCN(C(=O)C2CCC2)CC1. The van der Waals surface area contributed by atoms with Gasteiger partial charge in [0.15, 0.2) is 0 Å². The van der Waals surface area contributed by atoms with Gasteiger partial charge in [0.05, 0.1) is 6.04 Å². The van der Waals surface area contributed by atoms with E-state index in [1.165, 1.54) is 32.1 Å². The van der Waals surface area contributed by atoms with Gasteiger partial charge in [0.2, 0.25) is 11.8 Å². The normalized spacial score (nSPS) is 24.2. The lowest BCUT2D eigenvalue weighted by Crippen LogP contribution is -2.59. The van der Waals surface area contributed by atoms with Gasteiger partial charge in [-0.3, -0.25) is 14.5 Å². The third-order valence-corrected chi connectivity index (χ3v) is 6.65. The lowest BCUT2D eigenvalue weighted by Gasteiger charge is -2.43. The third-order valence-electron chi connectivity index (χ3n) is 6.65. The summed E-state index contributed by atoms with van der Waals surface area (Å²) in [5.41, 5.74) is 0. The molecule has 0 aromatic heterocycles. The lowest BCUT2D eigenvalue weighted by molar-refractivity contribution is -0.143. The second kappa shape index (κ2) is 8.52. The van der Waals surface area contributed by atoms with E-state index < -0.39 is 0 Å². The summed E-state index contributed by atoms with van der Waals surface area (Å²) in [6.07, 6.45) is 8.23. The maximum atomic E-state index is 13.2. The van der Waals surface area contributed by atoms with Crippen LogP contribution in [0.5, 0.6) is 0 Å². The van der Waals surface area contributed by atoms with Crippen molar-refractivity contribution in [1.29, 1.82) is 0 Å². The lowest BCUT2D eigenvalue weighted by atomic mass is 9.84. The number of amides is 2. The molecule has 2 saturated carbocycles. The quantitative estimate of drug-likeness (QED) is 0.739. The molecule has 0 radical (unpaired) electrons. The number of hydrogen-bond acceptors (Lipinski definition) is 3. The van der Waals surface area contributed by atoms with Crippen LogP contribution in [0.15, 0.2) is 0 Å². The molecule has 0 spiro atoms. The van der Waals surface area contributed by atoms with Crippen LogP contribution in [0.4, 0.5) is 0 Å². The Kier molecular flexibility index (Phi) is 6.37. The first-order chi connectivity index (χ1) is 12.2. The first-order valence-corrected chi connectivity index (χ1v) is 10.5. The summed E-state index contributed by atoms with van der Waals surface area (Å²) >= 11 is 0. The maximum absolute atomic E-state index is 13.2. The van der Waals surface area contributed by atoms with Crippen molar-refractivity contribution in [2.24, 2.45) is 11.8 Å². The van der Waals surface area contributed by atoms with Gasteiger partial charge in [-0.15, -0.1) is 0 Å². The second-order valence-electron chi connectivity index (χ2n) is 7.99. The van der Waals surface area contributed by atoms with Gasteiger partial charge in [-0.25, -0.2) is 0 Å². The van der Waals surface area contributed by atoms with Crippen LogP contribution in [-0.2, 0) is 9.59 Å². The van der Waals surface area contributed by atoms with Gasteiger partial charge in [-0.2, -0.15) is 0 Å². The highest BCUT2D eigenvalue weighted by molar-refractivity contribution is 5.82. The molecule has 3 fully saturated rings. The highest BCUT2D eigenvalue weighted by Gasteiger charge is 2.39. The van der Waals surface area contributed by atoms with Crippen molar-refractivity contribution >= 4 is 11.8 Å². The monoisotopic (exact) mass is 349 g/mol. The number of piperazine rings is 1. The molecule has 5 heteroatoms. The van der Waals surface area contributed by atoms with E-state index in [4.69, 9.17) is 0 Å². The molecule has 25 heavy (non-hydrogen) atoms. The molecule has 2 aliphatic carbocycles. The molecule has 3 rings (SSSR count). The standard InChI is InChI=1S/C20H35N3O2/c1-3-21(4-2)20(25)18(16-8-5-6-9-16)22-12-14-23(15-13-22)19(24)17-10-7-11-17/h16-18H,3-15H2,1-2H3/t18-/m0/s1. The maximum Gasteiger partial charge on any atom is 0.240 e. The fourth-order valence-corrected chi connectivity index (χ4v) is 4.79. The van der Waals surface area contributed by atoms with Crippen molar-refractivity contribution < 1.29 is 9.59 Å². The number of carbonyl (C=O) groups excluding carboxylic acids is 2. The summed E-state index contributed by atoms with van der Waals surface area (Å²) < 4.78 is 0. The third kappa shape index (κ3) is 4.02. The van der Waals surface area contributed by atoms with Gasteiger partial charge < -0.3 is 9.80 Å². The van der Waals surface area contributed by atoms with Gasteiger partial charge in [0.25, 0.3) is 0 Å². The average molecular weight is 350 g/mol. The summed E-state index contributed by atoms with van der Waals surface area (Å²) in [4.78, 5) is 32.1. The van der Waals surface area contributed by atoms with E-state index >= 15 is 0 Å². The summed E-state index contributed by atoms with van der Waals surface area (Å²) in [6, 6.07) is 0.0309. The van der Waals surface area contributed by atoms with E-state index in [2.05, 4.69) is 18.7 Å². The summed E-state index contributed by atoms with van der Waals surface area (Å²) in [5.74, 6) is 1.46. The Morgan fingerprint density at radius 3 is 2.00 bits per heavy atom. The van der Waals surface area contributed by atoms with E-state index in [0.717, 1.165) is 52.1 Å². The molecule has 0 unspecified atom stereocenters. The molecule has 0 N–H and O–H groups in total. The summed E-state index contributed by atoms with van der Waals surface area (Å²) in [7, 11) is 0. The van der Waals surface area contributed by atoms with E-state index in [1.807, 2.05) is 9.80 Å². The van der Waals surface area contributed by atoms with Crippen molar-refractivity contribution in [2.75, 3.05) is 39.3 Å². The van der Waals surface area contributed by atoms with E-state index in [-0.39, 0.29) is 12.0 Å². The van der Waals surface area contributed by atoms with Crippen LogP contribution in [0.1, 0.15) is 58.8 Å². The number of carbonyl (C=O) groups is 2. The predicted octanol–water partition coefficient (Wildman–Crippen LogP) is 2.36. The van der Waals surface area contributed by atoms with Crippen molar-refractivity contribution in [1.82, 2.24) is 14.7 Å². The molecule has 1 saturated heterocycles. The number of likely N-dealkylation sites (N-methyl/N-ethyl adjacent to an activating group) is 1. The van der Waals surface area contributed by atoms with Crippen LogP contribution < -0.4 is 0 Å². The minimum Gasteiger partial charge on any atom is -0.342 e. The van der Waals surface area contributed by atoms with Crippen LogP contribution in [0.3, 0.4) is 0 Å². The zero-order chi connectivity index (χ0) is 17.8. The van der Waals surface area contributed by atoms with Crippen molar-refractivity contribution in [3.8, 4) is 0 Å². The van der Waals surface area contributed by atoms with Crippen LogP contribution in [0, 0.1) is 11.8 Å². The van der Waals surface area contributed by atoms with Gasteiger partial charge in [0, 0.05) is 45.2 Å². The fourth-order valence-electron chi connectivity index (χ4n) is 4.79. The number of nitrogens with zero attached hydrogens (tertiary/aromatic N) is 3. The highest BCUT2D eigenvalue weighted by atomic mass is 16.2. The van der Waals surface area contributed by atoms with E-state index in [1.54, 1.807) is 0 Å². The van der Waals surface area contributed by atoms with Crippen LogP contribution in [-0.4, -0.2) is 71.8 Å². The fraction of sp³-hybridized carbons (Fsp3) is 0.900. The first kappa shape index (κ1) is 18.7. The van der Waals surface area contributed by atoms with Gasteiger partial charge in [0.1, 0.15) is 0 Å². The Balaban J connectivity index is 1.63. The summed E-state index contributed by atoms with van der Waals surface area (Å²) in [6.45, 7) is 9.02. The molecule has 2 amide bonds. The van der Waals surface area contributed by atoms with Crippen LogP contribution in [0.25, 0.3) is 0 Å². The zero-order valence-electron chi connectivity index (χ0n) is 16.1. The van der Waals surface area contributed by atoms with Gasteiger partial charge in [-0.05, 0) is 45.4 Å². The number of hydrogen-bond donors (Lipinski definition) is 0. The first-order valence-electron chi connectivity index (χ1n) is 10.5. The van der Waals surface area contributed by atoms with Gasteiger partial charge in [-0.1, -0.05) is 19.3 Å². The predicted molar refractivity (Wildman–Crippen MR) is 99.2 cm³/mol. The van der Waals surface area contributed by atoms with Crippen LogP contribution in [0.2, 0.25) is 0 Å². The van der Waals surface area contributed by atoms with E-state index in [9.17, 15) is 9.59 Å². The average Bonchev–Trinajstić information content (AvgIpc) is 3.09. The Morgan fingerprint density at radius 2 is 1.52 bits per heavy atom. The minimum absolute atomic E-state index is 0.0309. The van der Waals surface area contributed by atoms with Crippen molar-refractivity contribution in [2.45, 2.75) is 64.8 Å². The Labute approximate surface area is 152 Å². The molecular formula is C20H35N3O2. The molecule has 142 valence electrons. The molecule has 1 heterocycles. The Morgan fingerprint density at radius 1 is 0.920 bits per heavy atom. The van der Waals surface area contributed by atoms with Gasteiger partial charge >= 0.3 is 0 Å². The molecule has 1 atom stereocenters. The molecule has 5 nitrogen and oxygen atoms in total. The molecule has 1 aliphatic heterocycles. The zero-order valence-corrected chi connectivity index (χ0v) is 16.1. The largest absolute Gasteiger partial charge is 0.342 e. The smallest absolute Gasteiger partial charge is 0.240 e. The van der Waals surface area contributed by atoms with Crippen molar-refractivity contribution in [3.63, 3.8) is 0 Å². The highest BCUT2D eigenvalue weighted by Crippen LogP contribution is 2.33. The second-order valence-corrected chi connectivity index (χ2v) is 7.99. The Bertz CT molecular complexity index is 460. The summed E-state index contributed by atoms with van der Waals surface area (Å²) in [5, 5.41) is 0. The van der Waals surface area contributed by atoms with Crippen molar-refractivity contribution in [3.05, 3.63) is 0 Å². The molecule has 0 bridgehead atoms. The number of rotatable bonds is 6. The minimum atomic E-state index is 0.0309. The Hall–Kier alpha value is -1.10. The molecular weight excluding hydrogens is 314 g/mol. The molecule has 0 aromatic rings. The topological polar surface area (TPSA) is 43.9 Å². The molecule has 3 aliphatic rings.